The second-order valence-corrected chi connectivity index (χ2v) is 5.80. The van der Waals surface area contributed by atoms with E-state index in [1.165, 1.54) is 12.8 Å². The number of anilines is 1. The van der Waals surface area contributed by atoms with E-state index in [0.29, 0.717) is 17.7 Å². The molecular weight excluding hydrogens is 334 g/mol. The quantitative estimate of drug-likeness (QED) is 0.217. The van der Waals surface area contributed by atoms with E-state index in [9.17, 15) is 4.79 Å². The SMILES string of the molecule is CCCCCCCC(=O)Nc1cc(Br)ccc1/C(N)=N/O. The number of rotatable bonds is 8. The summed E-state index contributed by atoms with van der Waals surface area (Å²) in [6, 6.07) is 5.20. The number of carbonyl (C=O) groups is 1. The molecule has 21 heavy (non-hydrogen) atoms. The zero-order chi connectivity index (χ0) is 15.7. The number of benzene rings is 1. The Hall–Kier alpha value is -1.56. The van der Waals surface area contributed by atoms with Crippen molar-refractivity contribution in [3.05, 3.63) is 28.2 Å². The molecule has 0 aliphatic carbocycles. The lowest BCUT2D eigenvalue weighted by atomic mass is 10.1. The van der Waals surface area contributed by atoms with Gasteiger partial charge in [-0.3, -0.25) is 4.79 Å². The Balaban J connectivity index is 2.61. The molecule has 1 amide bonds. The summed E-state index contributed by atoms with van der Waals surface area (Å²) >= 11 is 3.34. The lowest BCUT2D eigenvalue weighted by Crippen LogP contribution is -2.19. The third-order valence-corrected chi connectivity index (χ3v) is 3.64. The summed E-state index contributed by atoms with van der Waals surface area (Å²) < 4.78 is 0.815. The fourth-order valence-corrected chi connectivity index (χ4v) is 2.36. The van der Waals surface area contributed by atoms with Crippen LogP contribution in [0, 0.1) is 0 Å². The fraction of sp³-hybridized carbons (Fsp3) is 0.467. The van der Waals surface area contributed by atoms with E-state index in [0.717, 1.165) is 23.7 Å². The largest absolute Gasteiger partial charge is 0.409 e. The van der Waals surface area contributed by atoms with E-state index >= 15 is 0 Å². The molecule has 1 rings (SSSR count). The van der Waals surface area contributed by atoms with Crippen molar-refractivity contribution in [1.82, 2.24) is 0 Å². The van der Waals surface area contributed by atoms with Crippen molar-refractivity contribution in [1.29, 1.82) is 0 Å². The van der Waals surface area contributed by atoms with Crippen molar-refractivity contribution in [2.45, 2.75) is 45.4 Å². The predicted molar refractivity (Wildman–Crippen MR) is 88.7 cm³/mol. The summed E-state index contributed by atoms with van der Waals surface area (Å²) in [5.74, 6) is -0.0858. The van der Waals surface area contributed by atoms with Gasteiger partial charge in [-0.1, -0.05) is 53.7 Å². The molecule has 0 atom stereocenters. The second kappa shape index (κ2) is 9.39. The third kappa shape index (κ3) is 6.16. The van der Waals surface area contributed by atoms with Crippen LogP contribution in [0.1, 0.15) is 51.0 Å². The first-order chi connectivity index (χ1) is 10.1. The number of hydrogen-bond donors (Lipinski definition) is 3. The van der Waals surface area contributed by atoms with Gasteiger partial charge in [-0.05, 0) is 24.6 Å². The van der Waals surface area contributed by atoms with Gasteiger partial charge in [-0.15, -0.1) is 0 Å². The fourth-order valence-electron chi connectivity index (χ4n) is 2.00. The summed E-state index contributed by atoms with van der Waals surface area (Å²) in [7, 11) is 0. The number of oxime groups is 1. The topological polar surface area (TPSA) is 87.7 Å². The summed E-state index contributed by atoms with van der Waals surface area (Å²) in [6.45, 7) is 2.16. The standard InChI is InChI=1S/C15H22BrN3O2/c1-2-3-4-5-6-7-14(20)18-13-10-11(16)8-9-12(13)15(17)19-21/h8-10,21H,2-7H2,1H3,(H2,17,19)(H,18,20). The Morgan fingerprint density at radius 1 is 1.33 bits per heavy atom. The zero-order valence-corrected chi connectivity index (χ0v) is 13.8. The number of nitrogens with two attached hydrogens (primary N) is 1. The lowest BCUT2D eigenvalue weighted by Gasteiger charge is -2.10. The van der Waals surface area contributed by atoms with Crippen molar-refractivity contribution in [2.24, 2.45) is 10.9 Å². The highest BCUT2D eigenvalue weighted by atomic mass is 79.9. The smallest absolute Gasteiger partial charge is 0.224 e. The summed E-state index contributed by atoms with van der Waals surface area (Å²) in [5, 5.41) is 14.6. The number of nitrogens with one attached hydrogen (secondary N) is 1. The van der Waals surface area contributed by atoms with Gasteiger partial charge in [-0.2, -0.15) is 0 Å². The van der Waals surface area contributed by atoms with Gasteiger partial charge < -0.3 is 16.3 Å². The van der Waals surface area contributed by atoms with Crippen LogP contribution >= 0.6 is 15.9 Å². The second-order valence-electron chi connectivity index (χ2n) is 4.89. The number of unbranched alkanes of at least 4 members (excludes halogenated alkanes) is 4. The van der Waals surface area contributed by atoms with E-state index < -0.39 is 0 Å². The first-order valence-electron chi connectivity index (χ1n) is 7.15. The summed E-state index contributed by atoms with van der Waals surface area (Å²) in [5.41, 5.74) is 6.65. The minimum atomic E-state index is -0.0587. The average Bonchev–Trinajstić information content (AvgIpc) is 2.46. The van der Waals surface area contributed by atoms with Gasteiger partial charge in [0, 0.05) is 16.5 Å². The van der Waals surface area contributed by atoms with E-state index in [2.05, 4.69) is 33.3 Å². The molecule has 0 aliphatic rings. The van der Waals surface area contributed by atoms with Crippen LogP contribution < -0.4 is 11.1 Å². The molecule has 0 aromatic heterocycles. The van der Waals surface area contributed by atoms with Crippen molar-refractivity contribution >= 4 is 33.4 Å². The van der Waals surface area contributed by atoms with Crippen LogP contribution in [-0.2, 0) is 4.79 Å². The molecule has 6 heteroatoms. The van der Waals surface area contributed by atoms with Gasteiger partial charge >= 0.3 is 0 Å². The minimum Gasteiger partial charge on any atom is -0.409 e. The number of carbonyl (C=O) groups excluding carboxylic acids is 1. The first kappa shape index (κ1) is 17.5. The van der Waals surface area contributed by atoms with Crippen LogP contribution in [0.15, 0.2) is 27.8 Å². The maximum Gasteiger partial charge on any atom is 0.224 e. The summed E-state index contributed by atoms with van der Waals surface area (Å²) in [4.78, 5) is 11.9. The van der Waals surface area contributed by atoms with Gasteiger partial charge in [-0.25, -0.2) is 0 Å². The van der Waals surface area contributed by atoms with Crippen LogP contribution in [0.5, 0.6) is 0 Å². The van der Waals surface area contributed by atoms with E-state index in [1.54, 1.807) is 18.2 Å². The van der Waals surface area contributed by atoms with Crippen LogP contribution in [0.2, 0.25) is 0 Å². The lowest BCUT2D eigenvalue weighted by molar-refractivity contribution is -0.116. The van der Waals surface area contributed by atoms with Gasteiger partial charge in [0.05, 0.1) is 5.69 Å². The number of amides is 1. The zero-order valence-electron chi connectivity index (χ0n) is 12.2. The molecule has 0 radical (unpaired) electrons. The maximum atomic E-state index is 11.9. The van der Waals surface area contributed by atoms with Gasteiger partial charge in [0.25, 0.3) is 0 Å². The average molecular weight is 356 g/mol. The number of nitrogens with zero attached hydrogens (tertiary/aromatic N) is 1. The van der Waals surface area contributed by atoms with E-state index in [1.807, 2.05) is 0 Å². The van der Waals surface area contributed by atoms with Crippen molar-refractivity contribution in [3.63, 3.8) is 0 Å². The Morgan fingerprint density at radius 3 is 2.71 bits per heavy atom. The third-order valence-electron chi connectivity index (χ3n) is 3.15. The van der Waals surface area contributed by atoms with Crippen LogP contribution in [0.3, 0.4) is 0 Å². The molecule has 0 spiro atoms. The summed E-state index contributed by atoms with van der Waals surface area (Å²) in [6.07, 6.45) is 5.97. The molecule has 1 aromatic rings. The number of amidine groups is 1. The Kier molecular flexibility index (Phi) is 7.82. The van der Waals surface area contributed by atoms with Gasteiger partial charge in [0.1, 0.15) is 0 Å². The Bertz CT molecular complexity index is 504. The van der Waals surface area contributed by atoms with Crippen LogP contribution in [0.25, 0.3) is 0 Å². The monoisotopic (exact) mass is 355 g/mol. The number of hydrogen-bond acceptors (Lipinski definition) is 3. The number of halogens is 1. The van der Waals surface area contributed by atoms with Gasteiger partial charge in [0.2, 0.25) is 5.91 Å². The normalized spacial score (nSPS) is 11.4. The molecule has 116 valence electrons. The molecule has 1 aromatic carbocycles. The predicted octanol–water partition coefficient (Wildman–Crippen LogP) is 3.84. The molecule has 0 saturated carbocycles. The van der Waals surface area contributed by atoms with Gasteiger partial charge in [0.15, 0.2) is 5.84 Å². The minimum absolute atomic E-state index is 0.0271. The highest BCUT2D eigenvalue weighted by Crippen LogP contribution is 2.22. The Labute approximate surface area is 133 Å². The highest BCUT2D eigenvalue weighted by Gasteiger charge is 2.10. The van der Waals surface area contributed by atoms with Crippen molar-refractivity contribution in [2.75, 3.05) is 5.32 Å². The Morgan fingerprint density at radius 2 is 2.05 bits per heavy atom. The molecule has 0 fully saturated rings. The van der Waals surface area contributed by atoms with E-state index in [4.69, 9.17) is 10.9 Å². The first-order valence-corrected chi connectivity index (χ1v) is 7.95. The molecule has 4 N–H and O–H groups in total. The van der Waals surface area contributed by atoms with E-state index in [-0.39, 0.29) is 11.7 Å². The van der Waals surface area contributed by atoms with Crippen molar-refractivity contribution < 1.29 is 10.0 Å². The van der Waals surface area contributed by atoms with Crippen LogP contribution in [0.4, 0.5) is 5.69 Å². The molecule has 0 saturated heterocycles. The molecule has 0 bridgehead atoms. The highest BCUT2D eigenvalue weighted by molar-refractivity contribution is 9.10. The molecule has 0 heterocycles. The molecule has 5 nitrogen and oxygen atoms in total. The van der Waals surface area contributed by atoms with Crippen LogP contribution in [-0.4, -0.2) is 17.0 Å². The van der Waals surface area contributed by atoms with Crippen molar-refractivity contribution in [3.8, 4) is 0 Å². The maximum absolute atomic E-state index is 11.9. The molecule has 0 aliphatic heterocycles. The molecular formula is C15H22BrN3O2. The molecule has 0 unspecified atom stereocenters.